The lowest BCUT2D eigenvalue weighted by Crippen LogP contribution is -3.14. The quantitative estimate of drug-likeness (QED) is 0.595. The van der Waals surface area contributed by atoms with Gasteiger partial charge >= 0.3 is 0 Å². The van der Waals surface area contributed by atoms with Crippen molar-refractivity contribution in [3.05, 3.63) is 58.9 Å². The predicted molar refractivity (Wildman–Crippen MR) is 107 cm³/mol. The van der Waals surface area contributed by atoms with Crippen LogP contribution < -0.4 is 14.9 Å². The molecule has 3 N–H and O–H groups in total. The summed E-state index contributed by atoms with van der Waals surface area (Å²) in [5, 5.41) is 2.93. The van der Waals surface area contributed by atoms with Crippen molar-refractivity contribution in [2.45, 2.75) is 4.90 Å². The molecule has 0 unspecified atom stereocenters. The first-order valence-corrected chi connectivity index (χ1v) is 11.0. The van der Waals surface area contributed by atoms with E-state index in [0.717, 1.165) is 31.8 Å². The zero-order valence-electron chi connectivity index (χ0n) is 15.6. The minimum absolute atomic E-state index is 0.0747. The molecule has 3 rings (SSSR count). The lowest BCUT2D eigenvalue weighted by atomic mass is 10.2. The van der Waals surface area contributed by atoms with Crippen LogP contribution >= 0.6 is 11.6 Å². The Kier molecular flexibility index (Phi) is 7.07. The van der Waals surface area contributed by atoms with Crippen LogP contribution in [-0.2, 0) is 14.8 Å². The molecule has 29 heavy (non-hydrogen) atoms. The van der Waals surface area contributed by atoms with Gasteiger partial charge in [-0.1, -0.05) is 11.6 Å². The van der Waals surface area contributed by atoms with Crippen LogP contribution in [0.25, 0.3) is 0 Å². The number of hydrogen-bond acceptors (Lipinski definition) is 4. The molecule has 0 saturated carbocycles. The Morgan fingerprint density at radius 2 is 1.83 bits per heavy atom. The molecule has 7 nitrogen and oxygen atoms in total. The van der Waals surface area contributed by atoms with E-state index in [1.165, 1.54) is 35.2 Å². The zero-order valence-corrected chi connectivity index (χ0v) is 17.2. The molecule has 0 aliphatic carbocycles. The maximum absolute atomic E-state index is 13.0. The summed E-state index contributed by atoms with van der Waals surface area (Å²) in [5.74, 6) is -0.918. The van der Waals surface area contributed by atoms with E-state index in [-0.39, 0.29) is 21.2 Å². The molecule has 156 valence electrons. The monoisotopic (exact) mass is 442 g/mol. The van der Waals surface area contributed by atoms with Crippen molar-refractivity contribution in [2.24, 2.45) is 0 Å². The molecule has 10 heteroatoms. The smallest absolute Gasteiger partial charge is 0.261 e. The lowest BCUT2D eigenvalue weighted by Gasteiger charge is -2.23. The number of hydrogen-bond donors (Lipinski definition) is 3. The molecule has 1 aliphatic heterocycles. The van der Waals surface area contributed by atoms with Gasteiger partial charge in [-0.25, -0.2) is 12.8 Å². The molecule has 0 atom stereocenters. The first-order chi connectivity index (χ1) is 13.8. The Bertz CT molecular complexity index is 964. The summed E-state index contributed by atoms with van der Waals surface area (Å²) >= 11 is 6.11. The third-order valence-corrected chi connectivity index (χ3v) is 6.26. The Hall–Kier alpha value is -2.20. The van der Waals surface area contributed by atoms with Crippen molar-refractivity contribution in [2.75, 3.05) is 44.1 Å². The van der Waals surface area contributed by atoms with Gasteiger partial charge in [-0.2, -0.15) is 0 Å². The third-order valence-electron chi connectivity index (χ3n) is 4.55. The van der Waals surface area contributed by atoms with Crippen LogP contribution in [0.15, 0.2) is 47.4 Å². The molecular weight excluding hydrogens is 421 g/mol. The van der Waals surface area contributed by atoms with Gasteiger partial charge in [0.2, 0.25) is 0 Å². The maximum atomic E-state index is 13.0. The molecule has 0 radical (unpaired) electrons. The van der Waals surface area contributed by atoms with Gasteiger partial charge in [0.25, 0.3) is 15.9 Å². The first kappa shape index (κ1) is 21.5. The van der Waals surface area contributed by atoms with Crippen molar-refractivity contribution in [3.8, 4) is 0 Å². The van der Waals surface area contributed by atoms with E-state index < -0.39 is 21.7 Å². The van der Waals surface area contributed by atoms with E-state index in [2.05, 4.69) is 10.0 Å². The Morgan fingerprint density at radius 1 is 1.14 bits per heavy atom. The average molecular weight is 443 g/mol. The van der Waals surface area contributed by atoms with Crippen LogP contribution in [0, 0.1) is 5.82 Å². The van der Waals surface area contributed by atoms with Gasteiger partial charge in [0.05, 0.1) is 41.8 Å². The van der Waals surface area contributed by atoms with Gasteiger partial charge in [0.1, 0.15) is 18.9 Å². The Morgan fingerprint density at radius 3 is 2.52 bits per heavy atom. The van der Waals surface area contributed by atoms with E-state index in [9.17, 15) is 17.6 Å². The standard InChI is InChI=1S/C19H21ClFN3O4S/c20-18-6-5-16(29(26,27)23-15-3-1-14(21)2-4-15)13-17(18)19(25)22-7-8-24-9-11-28-12-10-24/h1-6,13,23H,7-12H2,(H,22,25)/p+1. The van der Waals surface area contributed by atoms with E-state index in [0.29, 0.717) is 19.8 Å². The fourth-order valence-corrected chi connectivity index (χ4v) is 4.22. The highest BCUT2D eigenvalue weighted by molar-refractivity contribution is 7.92. The number of benzene rings is 2. The number of anilines is 1. The molecule has 1 saturated heterocycles. The summed E-state index contributed by atoms with van der Waals surface area (Å²) < 4.78 is 45.8. The van der Waals surface area contributed by atoms with Crippen LogP contribution in [0.4, 0.5) is 10.1 Å². The van der Waals surface area contributed by atoms with Crippen molar-refractivity contribution >= 4 is 33.2 Å². The van der Waals surface area contributed by atoms with Crippen molar-refractivity contribution in [3.63, 3.8) is 0 Å². The van der Waals surface area contributed by atoms with E-state index >= 15 is 0 Å². The van der Waals surface area contributed by atoms with Crippen LogP contribution in [0.3, 0.4) is 0 Å². The van der Waals surface area contributed by atoms with Crippen molar-refractivity contribution in [1.82, 2.24) is 5.32 Å². The highest BCUT2D eigenvalue weighted by Crippen LogP contribution is 2.22. The second-order valence-corrected chi connectivity index (χ2v) is 8.71. The molecule has 0 bridgehead atoms. The number of carbonyl (C=O) groups excluding carboxylic acids is 1. The SMILES string of the molecule is O=C(NCC[NH+]1CCOCC1)c1cc(S(=O)(=O)Nc2ccc(F)cc2)ccc1Cl. The summed E-state index contributed by atoms with van der Waals surface area (Å²) in [5.41, 5.74) is 0.284. The van der Waals surface area contributed by atoms with E-state index in [1.807, 2.05) is 0 Å². The molecule has 1 heterocycles. The molecule has 2 aromatic carbocycles. The number of nitrogens with one attached hydrogen (secondary N) is 3. The lowest BCUT2D eigenvalue weighted by molar-refractivity contribution is -0.906. The zero-order chi connectivity index (χ0) is 20.9. The van der Waals surface area contributed by atoms with Crippen LogP contribution in [0.5, 0.6) is 0 Å². The summed E-state index contributed by atoms with van der Waals surface area (Å²) in [6, 6.07) is 8.82. The van der Waals surface area contributed by atoms with Crippen LogP contribution in [0.2, 0.25) is 5.02 Å². The number of morpholine rings is 1. The highest BCUT2D eigenvalue weighted by atomic mass is 35.5. The van der Waals surface area contributed by atoms with E-state index in [4.69, 9.17) is 16.3 Å². The largest absolute Gasteiger partial charge is 0.370 e. The number of sulfonamides is 1. The average Bonchev–Trinajstić information content (AvgIpc) is 2.70. The van der Waals surface area contributed by atoms with Gasteiger partial charge in [0, 0.05) is 5.69 Å². The summed E-state index contributed by atoms with van der Waals surface area (Å²) in [7, 11) is -3.97. The highest BCUT2D eigenvalue weighted by Gasteiger charge is 2.20. The molecule has 1 fully saturated rings. The minimum Gasteiger partial charge on any atom is -0.370 e. The Labute approximate surface area is 173 Å². The molecular formula is C19H22ClFN3O4S+. The fraction of sp³-hybridized carbons (Fsp3) is 0.316. The minimum atomic E-state index is -3.97. The van der Waals surface area contributed by atoms with Crippen molar-refractivity contribution in [1.29, 1.82) is 0 Å². The Balaban J connectivity index is 1.67. The van der Waals surface area contributed by atoms with E-state index in [1.54, 1.807) is 0 Å². The third kappa shape index (κ3) is 5.89. The van der Waals surface area contributed by atoms with Gasteiger partial charge in [-0.05, 0) is 42.5 Å². The molecule has 2 aromatic rings. The van der Waals surface area contributed by atoms with Gasteiger partial charge in [-0.15, -0.1) is 0 Å². The fourth-order valence-electron chi connectivity index (χ4n) is 2.94. The number of rotatable bonds is 7. The van der Waals surface area contributed by atoms with Crippen LogP contribution in [-0.4, -0.2) is 53.7 Å². The number of amides is 1. The molecule has 0 aromatic heterocycles. The molecule has 0 spiro atoms. The number of carbonyl (C=O) groups is 1. The van der Waals surface area contributed by atoms with Gasteiger partial charge < -0.3 is 15.0 Å². The number of halogens is 2. The summed E-state index contributed by atoms with van der Waals surface area (Å²) in [4.78, 5) is 13.7. The number of quaternary nitrogens is 1. The van der Waals surface area contributed by atoms with Gasteiger partial charge in [-0.3, -0.25) is 9.52 Å². The normalized spacial score (nSPS) is 15.1. The molecule has 1 amide bonds. The maximum Gasteiger partial charge on any atom is 0.261 e. The topological polar surface area (TPSA) is 88.9 Å². The van der Waals surface area contributed by atoms with Gasteiger partial charge in [0.15, 0.2) is 0 Å². The van der Waals surface area contributed by atoms with Crippen molar-refractivity contribution < 1.29 is 27.2 Å². The number of ether oxygens (including phenoxy) is 1. The van der Waals surface area contributed by atoms with Crippen LogP contribution in [0.1, 0.15) is 10.4 Å². The first-order valence-electron chi connectivity index (χ1n) is 9.12. The summed E-state index contributed by atoms with van der Waals surface area (Å²) in [6.45, 7) is 4.37. The molecule has 1 aliphatic rings. The predicted octanol–water partition coefficient (Wildman–Crippen LogP) is 0.925. The summed E-state index contributed by atoms with van der Waals surface area (Å²) in [6.07, 6.45) is 0. The second-order valence-electron chi connectivity index (χ2n) is 6.62. The second kappa shape index (κ2) is 9.53.